The van der Waals surface area contributed by atoms with E-state index in [2.05, 4.69) is 26.6 Å². The van der Waals surface area contributed by atoms with Crippen LogP contribution in [0.1, 0.15) is 11.1 Å². The maximum atomic E-state index is 12.2. The molecular weight excluding hydrogens is 334 g/mol. The van der Waals surface area contributed by atoms with Crippen molar-refractivity contribution < 1.29 is 4.79 Å². The van der Waals surface area contributed by atoms with E-state index in [1.807, 2.05) is 55.8 Å². The molecule has 0 bridgehead atoms. The van der Waals surface area contributed by atoms with Crippen LogP contribution in [0.5, 0.6) is 0 Å². The van der Waals surface area contributed by atoms with Gasteiger partial charge in [0.15, 0.2) is 11.0 Å². The van der Waals surface area contributed by atoms with Crippen molar-refractivity contribution in [3.05, 3.63) is 53.7 Å². The Labute approximate surface area is 150 Å². The number of pyridine rings is 1. The number of thioether (sulfide) groups is 1. The van der Waals surface area contributed by atoms with Crippen LogP contribution in [0.4, 0.5) is 5.69 Å². The van der Waals surface area contributed by atoms with E-state index in [-0.39, 0.29) is 11.7 Å². The highest BCUT2D eigenvalue weighted by molar-refractivity contribution is 7.99. The predicted molar refractivity (Wildman–Crippen MR) is 99.5 cm³/mol. The third kappa shape index (κ3) is 4.24. The highest BCUT2D eigenvalue weighted by Gasteiger charge is 2.13. The van der Waals surface area contributed by atoms with Gasteiger partial charge in [-0.1, -0.05) is 23.9 Å². The van der Waals surface area contributed by atoms with Crippen LogP contribution in [-0.4, -0.2) is 31.4 Å². The second-order valence-corrected chi connectivity index (χ2v) is 6.74. The normalized spacial score (nSPS) is 10.7. The smallest absolute Gasteiger partial charge is 0.234 e. The Morgan fingerprint density at radius 1 is 1.16 bits per heavy atom. The molecular formula is C18H19N5OS. The molecule has 3 aromatic rings. The van der Waals surface area contributed by atoms with Gasteiger partial charge in [0, 0.05) is 18.9 Å². The number of amides is 1. The fourth-order valence-corrected chi connectivity index (χ4v) is 3.24. The van der Waals surface area contributed by atoms with Crippen LogP contribution in [-0.2, 0) is 11.8 Å². The van der Waals surface area contributed by atoms with Crippen molar-refractivity contribution in [1.82, 2.24) is 19.7 Å². The van der Waals surface area contributed by atoms with Gasteiger partial charge in [-0.15, -0.1) is 10.2 Å². The average molecular weight is 353 g/mol. The minimum absolute atomic E-state index is 0.0719. The van der Waals surface area contributed by atoms with Crippen LogP contribution >= 0.6 is 11.8 Å². The monoisotopic (exact) mass is 353 g/mol. The SMILES string of the molecule is Cc1cc(C)cc(NC(=O)CSc2nnc(-c3ccccn3)n2C)c1. The Morgan fingerprint density at radius 2 is 1.92 bits per heavy atom. The molecule has 3 rings (SSSR count). The van der Waals surface area contributed by atoms with Crippen molar-refractivity contribution in [1.29, 1.82) is 0 Å². The molecule has 0 unspecified atom stereocenters. The molecule has 0 spiro atoms. The lowest BCUT2D eigenvalue weighted by atomic mass is 10.1. The molecule has 128 valence electrons. The summed E-state index contributed by atoms with van der Waals surface area (Å²) >= 11 is 1.35. The maximum absolute atomic E-state index is 12.2. The van der Waals surface area contributed by atoms with Crippen molar-refractivity contribution in [2.24, 2.45) is 7.05 Å². The van der Waals surface area contributed by atoms with E-state index in [1.165, 1.54) is 11.8 Å². The number of benzene rings is 1. The number of anilines is 1. The van der Waals surface area contributed by atoms with Crippen molar-refractivity contribution >= 4 is 23.4 Å². The molecule has 2 aromatic heterocycles. The van der Waals surface area contributed by atoms with E-state index < -0.39 is 0 Å². The highest BCUT2D eigenvalue weighted by Crippen LogP contribution is 2.21. The van der Waals surface area contributed by atoms with Gasteiger partial charge < -0.3 is 9.88 Å². The van der Waals surface area contributed by atoms with Gasteiger partial charge in [0.2, 0.25) is 5.91 Å². The van der Waals surface area contributed by atoms with Crippen LogP contribution in [0, 0.1) is 13.8 Å². The standard InChI is InChI=1S/C18H19N5OS/c1-12-8-13(2)10-14(9-12)20-16(24)11-25-18-22-21-17(23(18)3)15-6-4-5-7-19-15/h4-10H,11H2,1-3H3,(H,20,24). The fourth-order valence-electron chi connectivity index (χ4n) is 2.53. The molecule has 1 amide bonds. The molecule has 0 aliphatic carbocycles. The zero-order chi connectivity index (χ0) is 17.8. The summed E-state index contributed by atoms with van der Waals surface area (Å²) in [6.45, 7) is 4.02. The molecule has 25 heavy (non-hydrogen) atoms. The van der Waals surface area contributed by atoms with Gasteiger partial charge in [-0.25, -0.2) is 0 Å². The summed E-state index contributed by atoms with van der Waals surface area (Å²) in [5, 5.41) is 11.9. The van der Waals surface area contributed by atoms with Crippen LogP contribution in [0.2, 0.25) is 0 Å². The summed E-state index contributed by atoms with van der Waals surface area (Å²) in [6.07, 6.45) is 1.72. The zero-order valence-corrected chi connectivity index (χ0v) is 15.2. The van der Waals surface area contributed by atoms with Gasteiger partial charge in [-0.2, -0.15) is 0 Å². The first-order valence-electron chi connectivity index (χ1n) is 7.84. The van der Waals surface area contributed by atoms with Gasteiger partial charge in [0.1, 0.15) is 5.69 Å². The molecule has 1 aromatic carbocycles. The lowest BCUT2D eigenvalue weighted by Gasteiger charge is -2.07. The number of hydrogen-bond acceptors (Lipinski definition) is 5. The minimum atomic E-state index is -0.0719. The van der Waals surface area contributed by atoms with Crippen LogP contribution in [0.15, 0.2) is 47.8 Å². The largest absolute Gasteiger partial charge is 0.325 e. The summed E-state index contributed by atoms with van der Waals surface area (Å²) in [5.74, 6) is 0.872. The second kappa shape index (κ2) is 7.48. The van der Waals surface area contributed by atoms with Crippen molar-refractivity contribution in [3.63, 3.8) is 0 Å². The Bertz CT molecular complexity index is 871. The fraction of sp³-hybridized carbons (Fsp3) is 0.222. The molecule has 0 aliphatic heterocycles. The second-order valence-electron chi connectivity index (χ2n) is 5.79. The molecule has 0 radical (unpaired) electrons. The van der Waals surface area contributed by atoms with Gasteiger partial charge >= 0.3 is 0 Å². The number of carbonyl (C=O) groups is 1. The van der Waals surface area contributed by atoms with Gasteiger partial charge in [0.25, 0.3) is 0 Å². The molecule has 7 heteroatoms. The molecule has 0 fully saturated rings. The van der Waals surface area contributed by atoms with Gasteiger partial charge in [-0.05, 0) is 49.2 Å². The summed E-state index contributed by atoms with van der Waals surface area (Å²) in [7, 11) is 1.87. The quantitative estimate of drug-likeness (QED) is 0.713. The summed E-state index contributed by atoms with van der Waals surface area (Å²) in [5.41, 5.74) is 3.81. The molecule has 0 saturated carbocycles. The van der Waals surface area contributed by atoms with Crippen molar-refractivity contribution in [3.8, 4) is 11.5 Å². The summed E-state index contributed by atoms with van der Waals surface area (Å²) < 4.78 is 1.84. The zero-order valence-electron chi connectivity index (χ0n) is 14.4. The number of aryl methyl sites for hydroxylation is 2. The van der Waals surface area contributed by atoms with Crippen LogP contribution in [0.25, 0.3) is 11.5 Å². The molecule has 2 heterocycles. The number of nitrogens with zero attached hydrogens (tertiary/aromatic N) is 4. The lowest BCUT2D eigenvalue weighted by Crippen LogP contribution is -2.14. The molecule has 0 atom stereocenters. The third-order valence-electron chi connectivity index (χ3n) is 3.57. The van der Waals surface area contributed by atoms with E-state index in [1.54, 1.807) is 6.20 Å². The number of aromatic nitrogens is 4. The molecule has 0 saturated heterocycles. The van der Waals surface area contributed by atoms with Crippen molar-refractivity contribution in [2.45, 2.75) is 19.0 Å². The molecule has 6 nitrogen and oxygen atoms in total. The Kier molecular flexibility index (Phi) is 5.14. The molecule has 1 N–H and O–H groups in total. The minimum Gasteiger partial charge on any atom is -0.325 e. The first-order valence-corrected chi connectivity index (χ1v) is 8.83. The van der Waals surface area contributed by atoms with Crippen LogP contribution < -0.4 is 5.32 Å². The first-order chi connectivity index (χ1) is 12.0. The van der Waals surface area contributed by atoms with E-state index in [9.17, 15) is 4.79 Å². The Balaban J connectivity index is 1.64. The van der Waals surface area contributed by atoms with E-state index in [0.29, 0.717) is 11.0 Å². The highest BCUT2D eigenvalue weighted by atomic mass is 32.2. The topological polar surface area (TPSA) is 72.7 Å². The van der Waals surface area contributed by atoms with Crippen molar-refractivity contribution in [2.75, 3.05) is 11.1 Å². The van der Waals surface area contributed by atoms with Gasteiger partial charge in [-0.3, -0.25) is 9.78 Å². The average Bonchev–Trinajstić information content (AvgIpc) is 2.93. The maximum Gasteiger partial charge on any atom is 0.234 e. The Morgan fingerprint density at radius 3 is 2.60 bits per heavy atom. The van der Waals surface area contributed by atoms with E-state index >= 15 is 0 Å². The van der Waals surface area contributed by atoms with Gasteiger partial charge in [0.05, 0.1) is 5.75 Å². The predicted octanol–water partition coefficient (Wildman–Crippen LogP) is 3.22. The summed E-state index contributed by atoms with van der Waals surface area (Å²) in [6, 6.07) is 11.6. The van der Waals surface area contributed by atoms with E-state index in [0.717, 1.165) is 22.5 Å². The lowest BCUT2D eigenvalue weighted by molar-refractivity contribution is -0.113. The molecule has 0 aliphatic rings. The number of nitrogens with one attached hydrogen (secondary N) is 1. The number of carbonyl (C=O) groups excluding carboxylic acids is 1. The third-order valence-corrected chi connectivity index (χ3v) is 4.59. The van der Waals surface area contributed by atoms with Crippen LogP contribution in [0.3, 0.4) is 0 Å². The number of rotatable bonds is 5. The summed E-state index contributed by atoms with van der Waals surface area (Å²) in [4.78, 5) is 16.5. The van der Waals surface area contributed by atoms with E-state index in [4.69, 9.17) is 0 Å². The Hall–Kier alpha value is -2.67. The first kappa shape index (κ1) is 17.2. The number of hydrogen-bond donors (Lipinski definition) is 1.